The van der Waals surface area contributed by atoms with E-state index in [0.29, 0.717) is 62.5 Å². The zero-order valence-corrected chi connectivity index (χ0v) is 22.1. The van der Waals surface area contributed by atoms with Crippen LogP contribution in [0.15, 0.2) is 47.5 Å². The molecule has 3 fully saturated rings. The molecule has 11 heteroatoms. The zero-order chi connectivity index (χ0) is 27.3. The highest BCUT2D eigenvalue weighted by atomic mass is 19.4. The number of alkyl halides is 3. The monoisotopic (exact) mass is 545 g/mol. The number of hydrazine groups is 1. The van der Waals surface area contributed by atoms with Crippen LogP contribution in [0.1, 0.15) is 36.5 Å². The number of benzene rings is 1. The summed E-state index contributed by atoms with van der Waals surface area (Å²) < 4.78 is 56.2. The molecule has 0 spiro atoms. The molecule has 2 unspecified atom stereocenters. The van der Waals surface area contributed by atoms with Gasteiger partial charge in [-0.25, -0.2) is 4.79 Å². The van der Waals surface area contributed by atoms with Gasteiger partial charge in [-0.2, -0.15) is 13.2 Å². The van der Waals surface area contributed by atoms with Gasteiger partial charge in [0.1, 0.15) is 0 Å². The topological polar surface area (TPSA) is 72.2 Å². The van der Waals surface area contributed by atoms with Crippen molar-refractivity contribution in [3.8, 4) is 5.69 Å². The third kappa shape index (κ3) is 5.14. The number of nitrogens with zero attached hydrogens (tertiary/aromatic N) is 3. The van der Waals surface area contributed by atoms with Crippen molar-refractivity contribution in [3.63, 3.8) is 0 Å². The van der Waals surface area contributed by atoms with Gasteiger partial charge < -0.3 is 9.47 Å². The number of fused-ring (bicyclic) bond motifs is 1. The van der Waals surface area contributed by atoms with Gasteiger partial charge in [0.2, 0.25) is 0 Å². The number of aromatic nitrogens is 2. The summed E-state index contributed by atoms with van der Waals surface area (Å²) in [4.78, 5) is 15.6. The van der Waals surface area contributed by atoms with Crippen molar-refractivity contribution in [2.75, 3.05) is 39.5 Å². The van der Waals surface area contributed by atoms with Gasteiger partial charge in [-0.15, -0.1) is 0 Å². The summed E-state index contributed by atoms with van der Waals surface area (Å²) in [5.74, 6) is 0.859. The number of morpholine rings is 1. The van der Waals surface area contributed by atoms with Crippen molar-refractivity contribution in [1.82, 2.24) is 24.7 Å². The van der Waals surface area contributed by atoms with Crippen molar-refractivity contribution in [3.05, 3.63) is 69.9 Å². The minimum atomic E-state index is -4.60. The van der Waals surface area contributed by atoms with E-state index in [-0.39, 0.29) is 23.6 Å². The predicted molar refractivity (Wildman–Crippen MR) is 140 cm³/mol. The van der Waals surface area contributed by atoms with E-state index in [0.717, 1.165) is 16.5 Å². The van der Waals surface area contributed by atoms with E-state index < -0.39 is 17.4 Å². The molecule has 0 saturated carbocycles. The normalized spacial score (nSPS) is 25.7. The first kappa shape index (κ1) is 26.5. The van der Waals surface area contributed by atoms with Crippen LogP contribution in [0.25, 0.3) is 11.2 Å². The van der Waals surface area contributed by atoms with Crippen molar-refractivity contribution in [2.45, 2.75) is 44.6 Å². The van der Waals surface area contributed by atoms with E-state index in [2.05, 4.69) is 22.7 Å². The highest BCUT2D eigenvalue weighted by molar-refractivity contribution is 5.58. The Morgan fingerprint density at radius 2 is 1.97 bits per heavy atom. The summed E-state index contributed by atoms with van der Waals surface area (Å²) in [5, 5.41) is 0. The molecule has 210 valence electrons. The van der Waals surface area contributed by atoms with Crippen LogP contribution in [-0.4, -0.2) is 65.5 Å². The Morgan fingerprint density at radius 1 is 1.15 bits per heavy atom. The van der Waals surface area contributed by atoms with Crippen LogP contribution in [0.5, 0.6) is 0 Å². The van der Waals surface area contributed by atoms with Crippen LogP contribution < -0.4 is 16.5 Å². The first-order chi connectivity index (χ1) is 18.7. The first-order valence-corrected chi connectivity index (χ1v) is 13.5. The van der Waals surface area contributed by atoms with Gasteiger partial charge in [-0.3, -0.25) is 24.7 Å². The van der Waals surface area contributed by atoms with E-state index >= 15 is 0 Å². The van der Waals surface area contributed by atoms with E-state index in [1.807, 2.05) is 25.1 Å². The smallest absolute Gasteiger partial charge is 0.381 e. The Hall–Kier alpha value is -2.70. The molecule has 3 saturated heterocycles. The van der Waals surface area contributed by atoms with Gasteiger partial charge in [0.05, 0.1) is 42.7 Å². The number of rotatable bonds is 6. The number of ether oxygens (including phenoxy) is 2. The van der Waals surface area contributed by atoms with Crippen molar-refractivity contribution < 1.29 is 22.6 Å². The van der Waals surface area contributed by atoms with E-state index in [1.54, 1.807) is 6.07 Å². The highest BCUT2D eigenvalue weighted by Gasteiger charge is 2.40. The molecule has 0 amide bonds. The van der Waals surface area contributed by atoms with Crippen LogP contribution in [0.4, 0.5) is 13.2 Å². The lowest BCUT2D eigenvalue weighted by Crippen LogP contribution is -2.45. The molecular weight excluding hydrogens is 511 g/mol. The number of nitrogens with one attached hydrogen (secondary N) is 2. The lowest BCUT2D eigenvalue weighted by molar-refractivity contribution is -0.136. The minimum Gasteiger partial charge on any atom is -0.381 e. The third-order valence-electron chi connectivity index (χ3n) is 8.26. The molecule has 0 aliphatic carbocycles. The molecule has 1 aromatic carbocycles. The third-order valence-corrected chi connectivity index (χ3v) is 8.26. The summed E-state index contributed by atoms with van der Waals surface area (Å²) in [5.41, 5.74) is 7.16. The molecule has 0 radical (unpaired) electrons. The number of hydrogen-bond acceptors (Lipinski definition) is 6. The second-order valence-corrected chi connectivity index (χ2v) is 11.2. The highest BCUT2D eigenvalue weighted by Crippen LogP contribution is 2.38. The summed E-state index contributed by atoms with van der Waals surface area (Å²) in [6.07, 6.45) is -1.75. The van der Waals surface area contributed by atoms with E-state index in [4.69, 9.17) is 9.47 Å². The molecule has 6 rings (SSSR count). The van der Waals surface area contributed by atoms with Gasteiger partial charge in [-0.1, -0.05) is 19.1 Å². The molecule has 3 aliphatic heterocycles. The summed E-state index contributed by atoms with van der Waals surface area (Å²) in [7, 11) is 0. The predicted octanol–water partition coefficient (Wildman–Crippen LogP) is 3.17. The summed E-state index contributed by atoms with van der Waals surface area (Å²) in [6.45, 7) is 8.40. The second kappa shape index (κ2) is 10.4. The molecule has 2 aromatic heterocycles. The Morgan fingerprint density at radius 3 is 2.64 bits per heavy atom. The van der Waals surface area contributed by atoms with Gasteiger partial charge in [0, 0.05) is 56.5 Å². The maximum Gasteiger partial charge on any atom is 0.418 e. The molecule has 5 heterocycles. The van der Waals surface area contributed by atoms with Crippen LogP contribution in [0, 0.1) is 11.8 Å². The lowest BCUT2D eigenvalue weighted by atomic mass is 9.76. The summed E-state index contributed by atoms with van der Waals surface area (Å²) in [6, 6.07) is 8.95. The average Bonchev–Trinajstić information content (AvgIpc) is 3.43. The maximum atomic E-state index is 14.2. The maximum absolute atomic E-state index is 14.2. The Bertz CT molecular complexity index is 1400. The second-order valence-electron chi connectivity index (χ2n) is 11.2. The van der Waals surface area contributed by atoms with Crippen molar-refractivity contribution >= 4 is 5.52 Å². The fourth-order valence-electron chi connectivity index (χ4n) is 6.20. The zero-order valence-electron chi connectivity index (χ0n) is 22.1. The largest absolute Gasteiger partial charge is 0.418 e. The van der Waals surface area contributed by atoms with Crippen molar-refractivity contribution in [1.29, 1.82) is 0 Å². The Labute approximate surface area is 224 Å². The number of imidazole rings is 1. The fraction of sp³-hybridized carbons (Fsp3) is 0.536. The van der Waals surface area contributed by atoms with Crippen LogP contribution in [0.2, 0.25) is 0 Å². The lowest BCUT2D eigenvalue weighted by Gasteiger charge is -2.38. The number of halogens is 3. The molecule has 3 aliphatic rings. The SMILES string of the molecule is CC1CNNC1[C@@H](c1cccc(-n2cc3c(C(F)(F)F)cc(CN4CCO[C@H](C)C4)cn3c2=O)c1)C1COC1. The van der Waals surface area contributed by atoms with Gasteiger partial charge in [0.25, 0.3) is 0 Å². The molecular formula is C28H34F3N5O3. The fourth-order valence-corrected chi connectivity index (χ4v) is 6.20. The first-order valence-electron chi connectivity index (χ1n) is 13.5. The Kier molecular flexibility index (Phi) is 7.05. The van der Waals surface area contributed by atoms with Crippen LogP contribution in [0.3, 0.4) is 0 Å². The molecule has 0 bridgehead atoms. The Balaban J connectivity index is 1.40. The van der Waals surface area contributed by atoms with Gasteiger partial charge in [0.15, 0.2) is 0 Å². The molecule has 2 N–H and O–H groups in total. The minimum absolute atomic E-state index is 0.00850. The van der Waals surface area contributed by atoms with E-state index in [1.165, 1.54) is 23.0 Å². The van der Waals surface area contributed by atoms with Crippen LogP contribution >= 0.6 is 0 Å². The standard InChI is InChI=1S/C28H34F3N5O3/c1-17-10-32-33-26(17)25(21-15-38-16-21)20-4-3-5-22(9-20)35-14-24-23(28(29,30)31)8-19(13-36(24)27(35)37)12-34-6-7-39-18(2)11-34/h3-5,8-9,13-14,17-18,21,25-26,32-33H,6-7,10-12,15-16H2,1-2H3/t17?,18-,25+,26?/m1/s1. The van der Waals surface area contributed by atoms with Crippen LogP contribution in [-0.2, 0) is 22.2 Å². The molecule has 8 nitrogen and oxygen atoms in total. The molecule has 4 atom stereocenters. The molecule has 39 heavy (non-hydrogen) atoms. The van der Waals surface area contributed by atoms with E-state index in [9.17, 15) is 18.0 Å². The number of pyridine rings is 1. The number of hydrogen-bond donors (Lipinski definition) is 2. The average molecular weight is 546 g/mol. The quantitative estimate of drug-likeness (QED) is 0.496. The van der Waals surface area contributed by atoms with Crippen molar-refractivity contribution in [2.24, 2.45) is 11.8 Å². The van der Waals surface area contributed by atoms with Gasteiger partial charge >= 0.3 is 11.9 Å². The summed E-state index contributed by atoms with van der Waals surface area (Å²) >= 11 is 0. The van der Waals surface area contributed by atoms with Gasteiger partial charge in [-0.05, 0) is 42.2 Å². The molecule has 3 aromatic rings.